The second kappa shape index (κ2) is 10.8. The lowest BCUT2D eigenvalue weighted by Gasteiger charge is -2.13. The molecule has 1 aliphatic heterocycles. The molecule has 0 amide bonds. The maximum Gasteiger partial charge on any atom is 0.335 e. The highest BCUT2D eigenvalue weighted by molar-refractivity contribution is 6.10. The molecule has 210 valence electrons. The number of fused-ring (bicyclic) bond motifs is 1. The zero-order valence-electron chi connectivity index (χ0n) is 22.3. The number of nitrogens with zero attached hydrogens (tertiary/aromatic N) is 5. The van der Waals surface area contributed by atoms with Gasteiger partial charge in [0.15, 0.2) is 23.1 Å². The number of ketones is 1. The number of rotatable bonds is 8. The molecule has 3 aromatic heterocycles. The van der Waals surface area contributed by atoms with Crippen molar-refractivity contribution < 1.29 is 18.3 Å². The Hall–Kier alpha value is -5.45. The molecular weight excluding hydrogens is 544 g/mol. The highest BCUT2D eigenvalue weighted by atomic mass is 19.1. The van der Waals surface area contributed by atoms with Crippen LogP contribution < -0.4 is 16.0 Å². The average Bonchev–Trinajstić information content (AvgIpc) is 3.68. The number of hydrogen-bond acceptors (Lipinski definition) is 6. The van der Waals surface area contributed by atoms with Crippen LogP contribution in [0.25, 0.3) is 11.2 Å². The Labute approximate surface area is 237 Å². The van der Waals surface area contributed by atoms with Gasteiger partial charge in [-0.15, -0.1) is 0 Å². The number of halogens is 2. The van der Waals surface area contributed by atoms with E-state index in [0.717, 1.165) is 28.0 Å². The van der Waals surface area contributed by atoms with Crippen molar-refractivity contribution in [3.05, 3.63) is 135 Å². The van der Waals surface area contributed by atoms with Crippen LogP contribution in [0.3, 0.4) is 0 Å². The van der Waals surface area contributed by atoms with Gasteiger partial charge in [-0.25, -0.2) is 22.7 Å². The Morgan fingerprint density at radius 3 is 2.52 bits per heavy atom. The molecule has 11 heteroatoms. The predicted octanol–water partition coefficient (Wildman–Crippen LogP) is 4.52. The number of aryl methyl sites for hydroxylation is 1. The third-order valence-corrected chi connectivity index (χ3v) is 6.87. The number of aromatic nitrogens is 4. The summed E-state index contributed by atoms with van der Waals surface area (Å²) in [5.74, 6) is -1.53. The molecule has 0 saturated heterocycles. The molecule has 4 heterocycles. The minimum absolute atomic E-state index is 0.0615. The van der Waals surface area contributed by atoms with Crippen molar-refractivity contribution in [3.63, 3.8) is 0 Å². The summed E-state index contributed by atoms with van der Waals surface area (Å²) >= 11 is 0. The maximum atomic E-state index is 15.2. The molecule has 0 unspecified atom stereocenters. The summed E-state index contributed by atoms with van der Waals surface area (Å²) in [7, 11) is 0. The third-order valence-electron chi connectivity index (χ3n) is 6.87. The topological polar surface area (TPSA) is 100.0 Å². The maximum absolute atomic E-state index is 15.2. The van der Waals surface area contributed by atoms with Crippen molar-refractivity contribution in [3.8, 4) is 17.2 Å². The molecule has 2 aromatic carbocycles. The summed E-state index contributed by atoms with van der Waals surface area (Å²) in [5.41, 5.74) is 0.841. The Balaban J connectivity index is 1.29. The molecule has 1 aliphatic rings. The fourth-order valence-corrected chi connectivity index (χ4v) is 4.75. The lowest BCUT2D eigenvalue weighted by Crippen LogP contribution is -2.41. The van der Waals surface area contributed by atoms with Crippen LogP contribution in [0.1, 0.15) is 28.4 Å². The fourth-order valence-electron chi connectivity index (χ4n) is 4.75. The van der Waals surface area contributed by atoms with Crippen LogP contribution in [0.15, 0.2) is 99.9 Å². The number of allylic oxidation sites excluding steroid dienone is 1. The normalized spacial score (nSPS) is 12.6. The second-order valence-electron chi connectivity index (χ2n) is 9.58. The molecule has 5 aromatic rings. The molecule has 0 N–H and O–H groups in total. The van der Waals surface area contributed by atoms with E-state index < -0.39 is 28.7 Å². The van der Waals surface area contributed by atoms with E-state index in [1.54, 1.807) is 29.8 Å². The van der Waals surface area contributed by atoms with Gasteiger partial charge in [-0.3, -0.25) is 19.1 Å². The van der Waals surface area contributed by atoms with Gasteiger partial charge in [0.2, 0.25) is 0 Å². The van der Waals surface area contributed by atoms with Crippen molar-refractivity contribution in [1.29, 1.82) is 0 Å². The molecule has 0 radical (unpaired) electrons. The smallest absolute Gasteiger partial charge is 0.335 e. The number of ether oxygens (including phenoxy) is 1. The van der Waals surface area contributed by atoms with Crippen molar-refractivity contribution >= 4 is 17.0 Å². The number of pyridine rings is 1. The van der Waals surface area contributed by atoms with Crippen molar-refractivity contribution in [2.75, 3.05) is 6.54 Å². The number of Topliss-reactive ketones (excluding diaryl/α,β-unsaturated/α-hetero) is 1. The Morgan fingerprint density at radius 2 is 1.81 bits per heavy atom. The van der Waals surface area contributed by atoms with Crippen LogP contribution in [0.4, 0.5) is 8.78 Å². The van der Waals surface area contributed by atoms with Gasteiger partial charge in [0.25, 0.3) is 5.56 Å². The van der Waals surface area contributed by atoms with E-state index in [2.05, 4.69) is 10.1 Å². The highest BCUT2D eigenvalue weighted by Gasteiger charge is 2.20. The van der Waals surface area contributed by atoms with E-state index in [1.165, 1.54) is 41.1 Å². The van der Waals surface area contributed by atoms with E-state index in [1.807, 2.05) is 18.3 Å². The molecule has 0 aliphatic carbocycles. The molecule has 6 rings (SSSR count). The van der Waals surface area contributed by atoms with Crippen molar-refractivity contribution in [2.45, 2.75) is 19.9 Å². The Kier molecular flexibility index (Phi) is 6.91. The first-order valence-electron chi connectivity index (χ1n) is 13.1. The molecule has 9 nitrogen and oxygen atoms in total. The lowest BCUT2D eigenvalue weighted by atomic mass is 10.0. The summed E-state index contributed by atoms with van der Waals surface area (Å²) in [6.07, 6.45) is 8.14. The van der Waals surface area contributed by atoms with Gasteiger partial charge >= 0.3 is 5.69 Å². The van der Waals surface area contributed by atoms with Gasteiger partial charge in [-0.05, 0) is 67.1 Å². The second-order valence-corrected chi connectivity index (χ2v) is 9.58. The highest BCUT2D eigenvalue weighted by Crippen LogP contribution is 2.30. The molecule has 0 saturated carbocycles. The van der Waals surface area contributed by atoms with Crippen LogP contribution in [-0.4, -0.2) is 36.8 Å². The molecule has 0 atom stereocenters. The Morgan fingerprint density at radius 1 is 1.00 bits per heavy atom. The molecule has 0 bridgehead atoms. The first-order chi connectivity index (χ1) is 20.3. The number of benzene rings is 2. The first-order valence-corrected chi connectivity index (χ1v) is 13.1. The largest absolute Gasteiger partial charge is 0.452 e. The van der Waals surface area contributed by atoms with Gasteiger partial charge in [0.05, 0.1) is 24.1 Å². The summed E-state index contributed by atoms with van der Waals surface area (Å²) in [6, 6.07) is 12.4. The quantitative estimate of drug-likeness (QED) is 0.257. The van der Waals surface area contributed by atoms with E-state index >= 15 is 4.39 Å². The lowest BCUT2D eigenvalue weighted by molar-refractivity contribution is 0.0990. The summed E-state index contributed by atoms with van der Waals surface area (Å²) in [6.45, 7) is 2.46. The first kappa shape index (κ1) is 26.8. The minimum atomic E-state index is -0.840. The minimum Gasteiger partial charge on any atom is -0.452 e. The molecule has 0 fully saturated rings. The fraction of sp³-hybridized carbons (Fsp3) is 0.129. The van der Waals surface area contributed by atoms with Crippen LogP contribution in [-0.2, 0) is 13.0 Å². The zero-order chi connectivity index (χ0) is 29.4. The van der Waals surface area contributed by atoms with E-state index in [4.69, 9.17) is 4.74 Å². The van der Waals surface area contributed by atoms with Gasteiger partial charge < -0.3 is 4.74 Å². The van der Waals surface area contributed by atoms with Crippen LogP contribution in [0.2, 0.25) is 0 Å². The SMILES string of the molecule is CCn1cc(C(=O)Cc2ccc(Oc3cc(C4=NCC=C4)cn4nccc34)c(F)c2)c(=O)n(-c2ccc(F)cc2)c1=O. The van der Waals surface area contributed by atoms with E-state index in [-0.39, 0.29) is 30.0 Å². The molecular formula is C31H23F2N5O4. The van der Waals surface area contributed by atoms with Gasteiger partial charge in [-0.1, -0.05) is 12.1 Å². The Bertz CT molecular complexity index is 2040. The number of carbonyl (C=O) groups excluding carboxylic acids is 1. The zero-order valence-corrected chi connectivity index (χ0v) is 22.3. The van der Waals surface area contributed by atoms with Gasteiger partial charge in [-0.2, -0.15) is 5.10 Å². The van der Waals surface area contributed by atoms with Crippen LogP contribution >= 0.6 is 0 Å². The molecule has 42 heavy (non-hydrogen) atoms. The third kappa shape index (κ3) is 4.96. The number of carbonyl (C=O) groups is 1. The number of hydrogen-bond donors (Lipinski definition) is 0. The van der Waals surface area contributed by atoms with E-state index in [9.17, 15) is 18.8 Å². The van der Waals surface area contributed by atoms with Crippen molar-refractivity contribution in [1.82, 2.24) is 18.7 Å². The summed E-state index contributed by atoms with van der Waals surface area (Å²) in [4.78, 5) is 43.8. The van der Waals surface area contributed by atoms with Crippen LogP contribution in [0, 0.1) is 11.6 Å². The van der Waals surface area contributed by atoms with E-state index in [0.29, 0.717) is 23.4 Å². The van der Waals surface area contributed by atoms with Gasteiger partial charge in [0.1, 0.15) is 16.9 Å². The number of aliphatic imine (C=N–C) groups is 1. The standard InChI is InChI=1S/C31H23F2N5O4/c1-2-36-18-23(30(40)38(31(36)41)22-8-6-21(32)7-9-22)27(39)15-19-5-10-28(24(33)14-19)42-29-16-20(25-4-3-12-34-25)17-37-26(29)11-13-35-37/h3-11,13-14,16-18H,2,12,15H2,1H3. The summed E-state index contributed by atoms with van der Waals surface area (Å²) < 4.78 is 38.3. The van der Waals surface area contributed by atoms with Gasteiger partial charge in [0, 0.05) is 30.9 Å². The summed E-state index contributed by atoms with van der Waals surface area (Å²) in [5, 5.41) is 4.27. The average molecular weight is 568 g/mol. The van der Waals surface area contributed by atoms with Crippen LogP contribution in [0.5, 0.6) is 11.5 Å². The predicted molar refractivity (Wildman–Crippen MR) is 152 cm³/mol. The monoisotopic (exact) mass is 567 g/mol. The molecule has 0 spiro atoms. The van der Waals surface area contributed by atoms with Crippen molar-refractivity contribution in [2.24, 2.45) is 4.99 Å².